The average Bonchev–Trinajstić information content (AvgIpc) is 2.86. The van der Waals surface area contributed by atoms with Crippen LogP contribution in [0.5, 0.6) is 0 Å². The fourth-order valence-electron chi connectivity index (χ4n) is 1.94. The molecule has 0 amide bonds. The molecular weight excluding hydrogens is 288 g/mol. The number of H-pyrrole nitrogens is 1. The Balaban J connectivity index is 2.25. The maximum Gasteiger partial charge on any atom is 0.242 e. The fraction of sp³-hybridized carbons (Fsp3) is 0.357. The molecule has 0 saturated carbocycles. The monoisotopic (exact) mass is 308 g/mol. The number of hydrogen-bond donors (Lipinski definition) is 2. The molecule has 2 rings (SSSR count). The highest BCUT2D eigenvalue weighted by molar-refractivity contribution is 7.89. The highest BCUT2D eigenvalue weighted by Gasteiger charge is 2.16. The summed E-state index contributed by atoms with van der Waals surface area (Å²) in [5.74, 6) is 0.824. The summed E-state index contributed by atoms with van der Waals surface area (Å²) in [6.45, 7) is 1.92. The van der Waals surface area contributed by atoms with Crippen LogP contribution in [-0.2, 0) is 16.4 Å². The lowest BCUT2D eigenvalue weighted by Crippen LogP contribution is -2.22. The van der Waals surface area contributed by atoms with Crippen LogP contribution in [-0.4, -0.2) is 42.8 Å². The van der Waals surface area contributed by atoms with Crippen LogP contribution in [0.3, 0.4) is 0 Å². The van der Waals surface area contributed by atoms with E-state index < -0.39 is 10.0 Å². The minimum Gasteiger partial charge on any atom is -0.342 e. The predicted octanol–water partition coefficient (Wildman–Crippen LogP) is 1.22. The second-order valence-corrected chi connectivity index (χ2v) is 7.39. The van der Waals surface area contributed by atoms with Crippen LogP contribution in [0.1, 0.15) is 12.7 Å². The van der Waals surface area contributed by atoms with Gasteiger partial charge >= 0.3 is 0 Å². The lowest BCUT2D eigenvalue weighted by molar-refractivity contribution is 0.521. The van der Waals surface area contributed by atoms with E-state index in [1.807, 2.05) is 6.92 Å². The lowest BCUT2D eigenvalue weighted by Gasteiger charge is -2.11. The third kappa shape index (κ3) is 3.49. The maximum absolute atomic E-state index is 12.0. The Kier molecular flexibility index (Phi) is 4.46. The summed E-state index contributed by atoms with van der Waals surface area (Å²) in [6.07, 6.45) is 2.40. The van der Waals surface area contributed by atoms with Crippen LogP contribution in [0.2, 0.25) is 0 Å². The molecule has 21 heavy (non-hydrogen) atoms. The lowest BCUT2D eigenvalue weighted by atomic mass is 10.2. The number of aromatic nitrogens is 2. The van der Waals surface area contributed by atoms with Crippen molar-refractivity contribution >= 4 is 10.0 Å². The van der Waals surface area contributed by atoms with Gasteiger partial charge in [-0.05, 0) is 24.6 Å². The van der Waals surface area contributed by atoms with Gasteiger partial charge in [-0.15, -0.1) is 0 Å². The van der Waals surface area contributed by atoms with Gasteiger partial charge in [0.15, 0.2) is 0 Å². The zero-order valence-corrected chi connectivity index (χ0v) is 13.2. The molecule has 7 heteroatoms. The molecule has 0 aliphatic rings. The molecule has 1 atom stereocenters. The Morgan fingerprint density at radius 1 is 1.29 bits per heavy atom. The molecule has 0 bridgehead atoms. The molecule has 0 aliphatic carbocycles. The number of rotatable bonds is 5. The number of nitrogens with one attached hydrogen (secondary N) is 1. The summed E-state index contributed by atoms with van der Waals surface area (Å²) < 4.78 is 25.2. The van der Waals surface area contributed by atoms with E-state index in [1.165, 1.54) is 18.4 Å². The molecule has 1 aromatic carbocycles. The van der Waals surface area contributed by atoms with Crippen LogP contribution < -0.4 is 5.73 Å². The minimum absolute atomic E-state index is 0.0385. The summed E-state index contributed by atoms with van der Waals surface area (Å²) in [6, 6.07) is 6.75. The van der Waals surface area contributed by atoms with Gasteiger partial charge in [0, 0.05) is 26.6 Å². The van der Waals surface area contributed by atoms with Crippen LogP contribution in [0.25, 0.3) is 11.3 Å². The standard InChI is InChI=1S/C14H20N4O2S/c1-10(15)8-14-16-9-13(17-14)11-4-6-12(7-5-11)21(19,20)18(2)3/h4-7,9-10H,8,15H2,1-3H3,(H,16,17). The van der Waals surface area contributed by atoms with E-state index in [9.17, 15) is 8.42 Å². The molecule has 0 fully saturated rings. The van der Waals surface area contributed by atoms with Crippen molar-refractivity contribution < 1.29 is 8.42 Å². The first-order chi connectivity index (χ1) is 9.80. The van der Waals surface area contributed by atoms with Gasteiger partial charge in [-0.25, -0.2) is 17.7 Å². The number of nitrogens with two attached hydrogens (primary N) is 1. The van der Waals surface area contributed by atoms with E-state index in [2.05, 4.69) is 9.97 Å². The predicted molar refractivity (Wildman–Crippen MR) is 82.2 cm³/mol. The second-order valence-electron chi connectivity index (χ2n) is 5.24. The molecule has 3 N–H and O–H groups in total. The molecule has 114 valence electrons. The van der Waals surface area contributed by atoms with Crippen molar-refractivity contribution in [2.24, 2.45) is 5.73 Å². The summed E-state index contributed by atoms with van der Waals surface area (Å²) >= 11 is 0. The van der Waals surface area contributed by atoms with Gasteiger partial charge < -0.3 is 10.7 Å². The molecule has 0 radical (unpaired) electrons. The molecule has 1 heterocycles. The number of nitrogens with zero attached hydrogens (tertiary/aromatic N) is 2. The summed E-state index contributed by atoms with van der Waals surface area (Å²) in [4.78, 5) is 7.73. The first-order valence-corrected chi connectivity index (χ1v) is 8.07. The van der Waals surface area contributed by atoms with Gasteiger partial charge in [0.05, 0.1) is 16.8 Å². The van der Waals surface area contributed by atoms with Crippen molar-refractivity contribution in [1.29, 1.82) is 0 Å². The van der Waals surface area contributed by atoms with Gasteiger partial charge in [0.2, 0.25) is 10.0 Å². The van der Waals surface area contributed by atoms with E-state index in [1.54, 1.807) is 30.5 Å². The molecule has 2 aromatic rings. The highest BCUT2D eigenvalue weighted by atomic mass is 32.2. The second kappa shape index (κ2) is 5.97. The molecule has 1 unspecified atom stereocenters. The topological polar surface area (TPSA) is 92.1 Å². The Bertz CT molecular complexity index is 703. The Labute approximate surface area is 125 Å². The van der Waals surface area contributed by atoms with Crippen LogP contribution in [0.4, 0.5) is 0 Å². The zero-order valence-electron chi connectivity index (χ0n) is 12.4. The molecule has 0 saturated heterocycles. The van der Waals surface area contributed by atoms with Crippen LogP contribution >= 0.6 is 0 Å². The van der Waals surface area contributed by atoms with Crippen LogP contribution in [0, 0.1) is 0 Å². The van der Waals surface area contributed by atoms with Crippen LogP contribution in [0.15, 0.2) is 35.4 Å². The molecule has 1 aromatic heterocycles. The van der Waals surface area contributed by atoms with Crippen molar-refractivity contribution in [2.45, 2.75) is 24.3 Å². The summed E-state index contributed by atoms with van der Waals surface area (Å²) in [7, 11) is -0.371. The van der Waals surface area contributed by atoms with Crippen molar-refractivity contribution in [3.8, 4) is 11.3 Å². The van der Waals surface area contributed by atoms with Gasteiger partial charge in [0.1, 0.15) is 5.82 Å². The third-order valence-electron chi connectivity index (χ3n) is 3.09. The molecule has 0 spiro atoms. The summed E-state index contributed by atoms with van der Waals surface area (Å²) in [5, 5.41) is 0. The number of hydrogen-bond acceptors (Lipinski definition) is 4. The Morgan fingerprint density at radius 2 is 1.90 bits per heavy atom. The number of aromatic amines is 1. The van der Waals surface area contributed by atoms with E-state index in [0.29, 0.717) is 6.42 Å². The number of sulfonamides is 1. The number of imidazole rings is 1. The SMILES string of the molecule is CC(N)Cc1ncc(-c2ccc(S(=O)(=O)N(C)C)cc2)[nH]1. The highest BCUT2D eigenvalue weighted by Crippen LogP contribution is 2.21. The van der Waals surface area contributed by atoms with Gasteiger partial charge in [-0.1, -0.05) is 12.1 Å². The fourth-order valence-corrected chi connectivity index (χ4v) is 2.84. The first kappa shape index (κ1) is 15.7. The van der Waals surface area contributed by atoms with Crippen molar-refractivity contribution in [3.63, 3.8) is 0 Å². The van der Waals surface area contributed by atoms with E-state index >= 15 is 0 Å². The Hall–Kier alpha value is -1.70. The van der Waals surface area contributed by atoms with Gasteiger partial charge in [-0.2, -0.15) is 0 Å². The van der Waals surface area contributed by atoms with E-state index in [-0.39, 0.29) is 10.9 Å². The van der Waals surface area contributed by atoms with Gasteiger partial charge in [-0.3, -0.25) is 0 Å². The van der Waals surface area contributed by atoms with Crippen molar-refractivity contribution in [2.75, 3.05) is 14.1 Å². The molecular formula is C14H20N4O2S. The minimum atomic E-state index is -3.40. The maximum atomic E-state index is 12.0. The van der Waals surface area contributed by atoms with Gasteiger partial charge in [0.25, 0.3) is 0 Å². The van der Waals surface area contributed by atoms with E-state index in [4.69, 9.17) is 5.73 Å². The largest absolute Gasteiger partial charge is 0.342 e. The van der Waals surface area contributed by atoms with Crippen molar-refractivity contribution in [3.05, 3.63) is 36.3 Å². The Morgan fingerprint density at radius 3 is 2.43 bits per heavy atom. The number of benzene rings is 1. The van der Waals surface area contributed by atoms with Crippen molar-refractivity contribution in [1.82, 2.24) is 14.3 Å². The normalized spacial score (nSPS) is 13.6. The first-order valence-electron chi connectivity index (χ1n) is 6.63. The molecule has 0 aliphatic heterocycles. The zero-order chi connectivity index (χ0) is 15.6. The smallest absolute Gasteiger partial charge is 0.242 e. The summed E-state index contributed by atoms with van der Waals surface area (Å²) in [5.41, 5.74) is 7.47. The average molecular weight is 308 g/mol. The third-order valence-corrected chi connectivity index (χ3v) is 4.92. The van der Waals surface area contributed by atoms with E-state index in [0.717, 1.165) is 17.1 Å². The quantitative estimate of drug-likeness (QED) is 0.868. The molecule has 6 nitrogen and oxygen atoms in total.